The molecule has 0 radical (unpaired) electrons. The molecule has 0 aromatic heterocycles. The van der Waals surface area contributed by atoms with Gasteiger partial charge in [0.2, 0.25) is 11.8 Å². The van der Waals surface area contributed by atoms with E-state index in [1.54, 1.807) is 4.90 Å². The standard InChI is InChI=1S/C25H28BrN3O5/c1-25(2,3)34-24(32)29-13-15-7-8-17(11-16(15)14-29)33-21-6-4-5-19(26)18(21)12-27-20-9-10-22(30)28-23(20)31/h4-8,11,20,27H,9-10,12-14H2,1-3H3,(H,28,30,31). The first-order chi connectivity index (χ1) is 16.1. The quantitative estimate of drug-likeness (QED) is 0.557. The summed E-state index contributed by atoms with van der Waals surface area (Å²) in [6.07, 6.45) is 0.447. The van der Waals surface area contributed by atoms with Gasteiger partial charge in [0.1, 0.15) is 17.1 Å². The van der Waals surface area contributed by atoms with Gasteiger partial charge in [-0.1, -0.05) is 28.1 Å². The van der Waals surface area contributed by atoms with Crippen LogP contribution in [-0.2, 0) is 34.0 Å². The summed E-state index contributed by atoms with van der Waals surface area (Å²) >= 11 is 3.57. The van der Waals surface area contributed by atoms with Crippen LogP contribution < -0.4 is 15.4 Å². The van der Waals surface area contributed by atoms with Crippen LogP contribution in [0, 0.1) is 0 Å². The normalized spacial score (nSPS) is 17.9. The zero-order valence-electron chi connectivity index (χ0n) is 19.4. The van der Waals surface area contributed by atoms with Gasteiger partial charge in [-0.25, -0.2) is 4.79 Å². The van der Waals surface area contributed by atoms with Crippen molar-refractivity contribution in [1.29, 1.82) is 0 Å². The van der Waals surface area contributed by atoms with Crippen molar-refractivity contribution in [2.45, 2.75) is 64.9 Å². The van der Waals surface area contributed by atoms with E-state index in [9.17, 15) is 14.4 Å². The second kappa shape index (κ2) is 9.76. The van der Waals surface area contributed by atoms with E-state index in [1.807, 2.05) is 57.2 Å². The molecule has 0 spiro atoms. The molecule has 2 aliphatic rings. The SMILES string of the molecule is CC(C)(C)OC(=O)N1Cc2ccc(Oc3cccc(Br)c3CNC3CCC(=O)NC3=O)cc2C1. The molecule has 0 aliphatic carbocycles. The lowest BCUT2D eigenvalue weighted by molar-refractivity contribution is -0.134. The van der Waals surface area contributed by atoms with Gasteiger partial charge in [-0.3, -0.25) is 19.8 Å². The maximum atomic E-state index is 12.4. The number of benzene rings is 2. The van der Waals surface area contributed by atoms with Crippen LogP contribution in [0.3, 0.4) is 0 Å². The molecule has 2 aromatic carbocycles. The third-order valence-corrected chi connectivity index (χ3v) is 6.36. The van der Waals surface area contributed by atoms with Gasteiger partial charge in [0.15, 0.2) is 0 Å². The lowest BCUT2D eigenvalue weighted by Gasteiger charge is -2.24. The Bertz CT molecular complexity index is 1130. The number of hydrogen-bond donors (Lipinski definition) is 2. The van der Waals surface area contributed by atoms with Gasteiger partial charge in [-0.2, -0.15) is 0 Å². The van der Waals surface area contributed by atoms with Crippen LogP contribution in [0.5, 0.6) is 11.5 Å². The summed E-state index contributed by atoms with van der Waals surface area (Å²) in [5.74, 6) is 0.759. The summed E-state index contributed by atoms with van der Waals surface area (Å²) < 4.78 is 12.6. The van der Waals surface area contributed by atoms with Crippen molar-refractivity contribution in [3.05, 3.63) is 57.6 Å². The Morgan fingerprint density at radius 1 is 1.18 bits per heavy atom. The molecule has 2 aromatic rings. The lowest BCUT2D eigenvalue weighted by Crippen LogP contribution is -2.50. The average molecular weight is 530 g/mol. The van der Waals surface area contributed by atoms with Crippen molar-refractivity contribution in [3.63, 3.8) is 0 Å². The van der Waals surface area contributed by atoms with Gasteiger partial charge in [0.25, 0.3) is 0 Å². The largest absolute Gasteiger partial charge is 0.457 e. The molecule has 1 atom stereocenters. The molecule has 180 valence electrons. The fourth-order valence-electron chi connectivity index (χ4n) is 3.94. The molecule has 4 rings (SSSR count). The maximum absolute atomic E-state index is 12.4. The van der Waals surface area contributed by atoms with Crippen molar-refractivity contribution in [3.8, 4) is 11.5 Å². The highest BCUT2D eigenvalue weighted by molar-refractivity contribution is 9.10. The molecule has 2 aliphatic heterocycles. The average Bonchev–Trinajstić information content (AvgIpc) is 3.17. The summed E-state index contributed by atoms with van der Waals surface area (Å²) in [4.78, 5) is 37.6. The van der Waals surface area contributed by atoms with Crippen molar-refractivity contribution in [2.24, 2.45) is 0 Å². The van der Waals surface area contributed by atoms with Crippen molar-refractivity contribution in [1.82, 2.24) is 15.5 Å². The van der Waals surface area contributed by atoms with E-state index in [0.29, 0.717) is 44.0 Å². The fourth-order valence-corrected chi connectivity index (χ4v) is 4.42. The van der Waals surface area contributed by atoms with Crippen LogP contribution in [0.25, 0.3) is 0 Å². The number of rotatable bonds is 5. The number of imide groups is 1. The Labute approximate surface area is 207 Å². The van der Waals surface area contributed by atoms with Crippen LogP contribution in [0.4, 0.5) is 4.79 Å². The molecule has 1 saturated heterocycles. The molecule has 0 saturated carbocycles. The first-order valence-corrected chi connectivity index (χ1v) is 12.0. The van der Waals surface area contributed by atoms with Crippen LogP contribution in [-0.4, -0.2) is 34.5 Å². The first-order valence-electron chi connectivity index (χ1n) is 11.2. The van der Waals surface area contributed by atoms with Crippen LogP contribution in [0.2, 0.25) is 0 Å². The predicted molar refractivity (Wildman–Crippen MR) is 129 cm³/mol. The number of nitrogens with one attached hydrogen (secondary N) is 2. The van der Waals surface area contributed by atoms with Crippen molar-refractivity contribution < 1.29 is 23.9 Å². The second-order valence-corrected chi connectivity index (χ2v) is 10.3. The number of fused-ring (bicyclic) bond motifs is 1. The van der Waals surface area contributed by atoms with Crippen molar-refractivity contribution in [2.75, 3.05) is 0 Å². The van der Waals surface area contributed by atoms with Crippen LogP contribution in [0.15, 0.2) is 40.9 Å². The molecule has 34 heavy (non-hydrogen) atoms. The van der Waals surface area contributed by atoms with E-state index in [-0.39, 0.29) is 17.9 Å². The molecule has 3 amide bonds. The number of halogens is 1. The number of piperidine rings is 1. The summed E-state index contributed by atoms with van der Waals surface area (Å²) in [6, 6.07) is 11.0. The van der Waals surface area contributed by atoms with Crippen molar-refractivity contribution >= 4 is 33.8 Å². The zero-order chi connectivity index (χ0) is 24.5. The van der Waals surface area contributed by atoms with Crippen LogP contribution >= 0.6 is 15.9 Å². The molecular formula is C25H28BrN3O5. The van der Waals surface area contributed by atoms with Gasteiger partial charge in [-0.15, -0.1) is 0 Å². The number of nitrogens with zero attached hydrogens (tertiary/aromatic N) is 1. The maximum Gasteiger partial charge on any atom is 0.410 e. The number of amides is 3. The predicted octanol–water partition coefficient (Wildman–Crippen LogP) is 4.39. The Kier molecular flexibility index (Phi) is 6.95. The highest BCUT2D eigenvalue weighted by Crippen LogP contribution is 2.34. The van der Waals surface area contributed by atoms with E-state index >= 15 is 0 Å². The fraction of sp³-hybridized carbons (Fsp3) is 0.400. The number of ether oxygens (including phenoxy) is 2. The summed E-state index contributed by atoms with van der Waals surface area (Å²) in [7, 11) is 0. The summed E-state index contributed by atoms with van der Waals surface area (Å²) in [6.45, 7) is 6.91. The van der Waals surface area contributed by atoms with Gasteiger partial charge >= 0.3 is 6.09 Å². The third kappa shape index (κ3) is 5.77. The summed E-state index contributed by atoms with van der Waals surface area (Å²) in [5.41, 5.74) is 2.40. The Morgan fingerprint density at radius 3 is 2.68 bits per heavy atom. The van der Waals surface area contributed by atoms with E-state index in [4.69, 9.17) is 9.47 Å². The molecular weight excluding hydrogens is 502 g/mol. The Balaban J connectivity index is 1.45. The molecule has 9 heteroatoms. The molecule has 0 bridgehead atoms. The number of carbonyl (C=O) groups is 3. The molecule has 1 fully saturated rings. The van der Waals surface area contributed by atoms with Gasteiger partial charge in [0.05, 0.1) is 6.04 Å². The van der Waals surface area contributed by atoms with Gasteiger partial charge < -0.3 is 14.8 Å². The minimum absolute atomic E-state index is 0.241. The van der Waals surface area contributed by atoms with E-state index < -0.39 is 11.6 Å². The number of carbonyl (C=O) groups excluding carboxylic acids is 3. The van der Waals surface area contributed by atoms with Crippen LogP contribution in [0.1, 0.15) is 50.3 Å². The second-order valence-electron chi connectivity index (χ2n) is 9.47. The number of hydrogen-bond acceptors (Lipinski definition) is 6. The van der Waals surface area contributed by atoms with Gasteiger partial charge in [0, 0.05) is 36.1 Å². The smallest absolute Gasteiger partial charge is 0.410 e. The highest BCUT2D eigenvalue weighted by Gasteiger charge is 2.29. The van der Waals surface area contributed by atoms with E-state index in [0.717, 1.165) is 21.2 Å². The topological polar surface area (TPSA) is 97.0 Å². The zero-order valence-corrected chi connectivity index (χ0v) is 21.0. The lowest BCUT2D eigenvalue weighted by atomic mass is 10.1. The Morgan fingerprint density at radius 2 is 1.94 bits per heavy atom. The molecule has 2 N–H and O–H groups in total. The minimum Gasteiger partial charge on any atom is -0.457 e. The van der Waals surface area contributed by atoms with E-state index in [2.05, 4.69) is 26.6 Å². The minimum atomic E-state index is -0.543. The highest BCUT2D eigenvalue weighted by atomic mass is 79.9. The molecule has 8 nitrogen and oxygen atoms in total. The monoisotopic (exact) mass is 529 g/mol. The van der Waals surface area contributed by atoms with Gasteiger partial charge in [-0.05, 0) is 62.6 Å². The summed E-state index contributed by atoms with van der Waals surface area (Å²) in [5, 5.41) is 5.58. The first kappa shape index (κ1) is 24.2. The molecule has 1 unspecified atom stereocenters. The molecule has 2 heterocycles. The third-order valence-electron chi connectivity index (χ3n) is 5.62. The van der Waals surface area contributed by atoms with E-state index in [1.165, 1.54) is 0 Å². The Hall–Kier alpha value is -2.91.